The van der Waals surface area contributed by atoms with Crippen LogP contribution in [0.2, 0.25) is 0 Å². The van der Waals surface area contributed by atoms with Gasteiger partial charge in [-0.3, -0.25) is 0 Å². The SMILES string of the molecule is CCOC(=O)C=Cc1ccc(C(Cc2ccccc2)c2nc3ccccc3n2Cc2ccccc2)cc1. The van der Waals surface area contributed by atoms with Gasteiger partial charge in [0.05, 0.1) is 17.6 Å². The molecule has 1 aromatic heterocycles. The molecule has 1 atom stereocenters. The quantitative estimate of drug-likeness (QED) is 0.166. The molecule has 5 rings (SSSR count). The number of carbonyl (C=O) groups excluding carboxylic acids is 1. The molecule has 0 amide bonds. The predicted molar refractivity (Wildman–Crippen MR) is 149 cm³/mol. The van der Waals surface area contributed by atoms with Crippen LogP contribution in [0.1, 0.15) is 40.9 Å². The first kappa shape index (κ1) is 24.3. The van der Waals surface area contributed by atoms with Crippen molar-refractivity contribution in [2.24, 2.45) is 0 Å². The molecule has 0 aliphatic carbocycles. The number of hydrogen-bond donors (Lipinski definition) is 0. The maximum atomic E-state index is 11.7. The van der Waals surface area contributed by atoms with Gasteiger partial charge in [-0.15, -0.1) is 0 Å². The molecule has 0 saturated carbocycles. The van der Waals surface area contributed by atoms with Crippen LogP contribution < -0.4 is 0 Å². The van der Waals surface area contributed by atoms with Crippen LogP contribution in [0, 0.1) is 0 Å². The molecule has 0 radical (unpaired) electrons. The molecule has 4 nitrogen and oxygen atoms in total. The first-order chi connectivity index (χ1) is 18.2. The molecule has 0 saturated heterocycles. The number of aromatic nitrogens is 2. The van der Waals surface area contributed by atoms with E-state index in [-0.39, 0.29) is 11.9 Å². The van der Waals surface area contributed by atoms with E-state index in [0.29, 0.717) is 6.61 Å². The Balaban J connectivity index is 1.56. The summed E-state index contributed by atoms with van der Waals surface area (Å²) in [5, 5.41) is 0. The van der Waals surface area contributed by atoms with Crippen LogP contribution in [-0.2, 0) is 22.5 Å². The van der Waals surface area contributed by atoms with E-state index in [1.165, 1.54) is 22.8 Å². The molecule has 0 spiro atoms. The lowest BCUT2D eigenvalue weighted by Gasteiger charge is -2.20. The van der Waals surface area contributed by atoms with E-state index < -0.39 is 0 Å². The number of para-hydroxylation sites is 2. The van der Waals surface area contributed by atoms with Gasteiger partial charge in [-0.1, -0.05) is 97.1 Å². The number of benzene rings is 4. The normalized spacial score (nSPS) is 12.1. The van der Waals surface area contributed by atoms with Crippen molar-refractivity contribution < 1.29 is 9.53 Å². The van der Waals surface area contributed by atoms with Crippen molar-refractivity contribution in [2.75, 3.05) is 6.61 Å². The van der Waals surface area contributed by atoms with Crippen LogP contribution in [0.3, 0.4) is 0 Å². The van der Waals surface area contributed by atoms with Crippen LogP contribution in [0.5, 0.6) is 0 Å². The Morgan fingerprint density at radius 3 is 2.19 bits per heavy atom. The number of hydrogen-bond acceptors (Lipinski definition) is 3. The number of esters is 1. The number of imidazole rings is 1. The van der Waals surface area contributed by atoms with E-state index in [1.807, 2.05) is 30.3 Å². The average molecular weight is 487 g/mol. The highest BCUT2D eigenvalue weighted by Gasteiger charge is 2.23. The third-order valence-electron chi connectivity index (χ3n) is 6.50. The Kier molecular flexibility index (Phi) is 7.56. The minimum Gasteiger partial charge on any atom is -0.463 e. The van der Waals surface area contributed by atoms with Crippen molar-refractivity contribution >= 4 is 23.1 Å². The summed E-state index contributed by atoms with van der Waals surface area (Å²) in [6.45, 7) is 2.92. The summed E-state index contributed by atoms with van der Waals surface area (Å²) in [6, 6.07) is 37.8. The van der Waals surface area contributed by atoms with Crippen molar-refractivity contribution in [1.29, 1.82) is 0 Å². The van der Waals surface area contributed by atoms with Gasteiger partial charge in [0.25, 0.3) is 0 Å². The van der Waals surface area contributed by atoms with Crippen molar-refractivity contribution in [3.8, 4) is 0 Å². The Bertz CT molecular complexity index is 1490. The molecular formula is C33H30N2O2. The lowest BCUT2D eigenvalue weighted by Crippen LogP contribution is -2.14. The largest absolute Gasteiger partial charge is 0.463 e. The van der Waals surface area contributed by atoms with Crippen LogP contribution in [0.15, 0.2) is 115 Å². The highest BCUT2D eigenvalue weighted by molar-refractivity contribution is 5.87. The number of fused-ring (bicyclic) bond motifs is 1. The van der Waals surface area contributed by atoms with Gasteiger partial charge in [0.1, 0.15) is 5.82 Å². The summed E-state index contributed by atoms with van der Waals surface area (Å²) >= 11 is 0. The van der Waals surface area contributed by atoms with Gasteiger partial charge in [0.15, 0.2) is 0 Å². The van der Waals surface area contributed by atoms with E-state index in [4.69, 9.17) is 9.72 Å². The Morgan fingerprint density at radius 2 is 1.49 bits per heavy atom. The lowest BCUT2D eigenvalue weighted by atomic mass is 9.90. The van der Waals surface area contributed by atoms with Gasteiger partial charge >= 0.3 is 5.97 Å². The van der Waals surface area contributed by atoms with E-state index in [2.05, 4.69) is 83.4 Å². The molecule has 1 heterocycles. The number of rotatable bonds is 9. The average Bonchev–Trinajstić information content (AvgIpc) is 3.30. The fourth-order valence-corrected chi connectivity index (χ4v) is 4.69. The summed E-state index contributed by atoms with van der Waals surface area (Å²) in [6.07, 6.45) is 4.09. The maximum absolute atomic E-state index is 11.7. The fraction of sp³-hybridized carbons (Fsp3) is 0.152. The Labute approximate surface area is 217 Å². The molecular weight excluding hydrogens is 456 g/mol. The monoisotopic (exact) mass is 486 g/mol. The lowest BCUT2D eigenvalue weighted by molar-refractivity contribution is -0.137. The van der Waals surface area contributed by atoms with E-state index in [0.717, 1.165) is 35.4 Å². The second kappa shape index (κ2) is 11.5. The van der Waals surface area contributed by atoms with Gasteiger partial charge in [0, 0.05) is 18.5 Å². The van der Waals surface area contributed by atoms with Gasteiger partial charge in [-0.2, -0.15) is 0 Å². The minimum atomic E-state index is -0.330. The summed E-state index contributed by atoms with van der Waals surface area (Å²) < 4.78 is 7.36. The zero-order valence-corrected chi connectivity index (χ0v) is 21.0. The van der Waals surface area contributed by atoms with Gasteiger partial charge in [0.2, 0.25) is 0 Å². The van der Waals surface area contributed by atoms with Gasteiger partial charge < -0.3 is 9.30 Å². The van der Waals surface area contributed by atoms with Gasteiger partial charge in [-0.05, 0) is 53.8 Å². The maximum Gasteiger partial charge on any atom is 0.330 e. The molecule has 0 N–H and O–H groups in total. The third kappa shape index (κ3) is 5.87. The van der Waals surface area contributed by atoms with Crippen LogP contribution in [-0.4, -0.2) is 22.1 Å². The molecule has 0 fully saturated rings. The summed E-state index contributed by atoms with van der Waals surface area (Å²) in [5.74, 6) is 0.772. The number of nitrogens with zero attached hydrogens (tertiary/aromatic N) is 2. The van der Waals surface area contributed by atoms with E-state index in [1.54, 1.807) is 13.0 Å². The second-order valence-corrected chi connectivity index (χ2v) is 9.02. The van der Waals surface area contributed by atoms with Gasteiger partial charge in [-0.25, -0.2) is 9.78 Å². The molecule has 4 aromatic carbocycles. The predicted octanol–water partition coefficient (Wildman–Crippen LogP) is 7.04. The summed E-state index contributed by atoms with van der Waals surface area (Å²) in [5.41, 5.74) is 6.77. The molecule has 1 unspecified atom stereocenters. The fourth-order valence-electron chi connectivity index (χ4n) is 4.69. The van der Waals surface area contributed by atoms with Crippen molar-refractivity contribution in [1.82, 2.24) is 9.55 Å². The topological polar surface area (TPSA) is 44.1 Å². The molecule has 0 bridgehead atoms. The minimum absolute atomic E-state index is 0.0570. The molecule has 37 heavy (non-hydrogen) atoms. The van der Waals surface area contributed by atoms with Crippen molar-refractivity contribution in [3.63, 3.8) is 0 Å². The Hall–Kier alpha value is -4.44. The highest BCUT2D eigenvalue weighted by Crippen LogP contribution is 2.32. The second-order valence-electron chi connectivity index (χ2n) is 9.02. The van der Waals surface area contributed by atoms with Crippen molar-refractivity contribution in [2.45, 2.75) is 25.8 Å². The molecule has 4 heteroatoms. The van der Waals surface area contributed by atoms with Crippen LogP contribution >= 0.6 is 0 Å². The first-order valence-corrected chi connectivity index (χ1v) is 12.7. The molecule has 0 aliphatic rings. The Morgan fingerprint density at radius 1 is 0.838 bits per heavy atom. The standard InChI is InChI=1S/C33H30N2O2/c1-2-37-32(36)22-19-25-17-20-28(21-18-25)29(23-26-11-5-3-6-12-26)33-34-30-15-9-10-16-31(30)35(33)24-27-13-7-4-8-14-27/h3-22,29H,2,23-24H2,1H3. The zero-order chi connectivity index (χ0) is 25.5. The van der Waals surface area contributed by atoms with E-state index in [9.17, 15) is 4.79 Å². The number of ether oxygens (including phenoxy) is 1. The molecule has 5 aromatic rings. The zero-order valence-electron chi connectivity index (χ0n) is 21.0. The highest BCUT2D eigenvalue weighted by atomic mass is 16.5. The smallest absolute Gasteiger partial charge is 0.330 e. The first-order valence-electron chi connectivity index (χ1n) is 12.7. The van der Waals surface area contributed by atoms with Crippen LogP contribution in [0.4, 0.5) is 0 Å². The van der Waals surface area contributed by atoms with E-state index >= 15 is 0 Å². The van der Waals surface area contributed by atoms with Crippen LogP contribution in [0.25, 0.3) is 17.1 Å². The summed E-state index contributed by atoms with van der Waals surface area (Å²) in [4.78, 5) is 16.9. The van der Waals surface area contributed by atoms with Crippen molar-refractivity contribution in [3.05, 3.63) is 143 Å². The molecule has 184 valence electrons. The number of carbonyl (C=O) groups is 1. The molecule has 0 aliphatic heterocycles. The summed E-state index contributed by atoms with van der Waals surface area (Å²) in [7, 11) is 0. The third-order valence-corrected chi connectivity index (χ3v) is 6.50.